The van der Waals surface area contributed by atoms with Gasteiger partial charge in [0, 0.05) is 11.5 Å². The Hall–Kier alpha value is -2.13. The van der Waals surface area contributed by atoms with Crippen molar-refractivity contribution in [1.29, 1.82) is 0 Å². The van der Waals surface area contributed by atoms with Crippen LogP contribution in [0.3, 0.4) is 0 Å². The number of H-pyrrole nitrogens is 1. The number of nitrogens with zero attached hydrogens (tertiary/aromatic N) is 1. The van der Waals surface area contributed by atoms with Gasteiger partial charge in [-0.1, -0.05) is 49.4 Å². The molecule has 3 rings (SSSR count). The van der Waals surface area contributed by atoms with Gasteiger partial charge in [-0.2, -0.15) is 0 Å². The van der Waals surface area contributed by atoms with Crippen molar-refractivity contribution in [3.63, 3.8) is 0 Å². The van der Waals surface area contributed by atoms with Crippen molar-refractivity contribution >= 4 is 10.8 Å². The summed E-state index contributed by atoms with van der Waals surface area (Å²) in [6.45, 7) is 2.84. The van der Waals surface area contributed by atoms with Crippen LogP contribution in [-0.2, 0) is 0 Å². The molecule has 0 bridgehead atoms. The number of rotatable bonds is 4. The maximum Gasteiger partial charge on any atom is 0.109 e. The van der Waals surface area contributed by atoms with Gasteiger partial charge in [-0.25, -0.2) is 4.98 Å². The van der Waals surface area contributed by atoms with Crippen LogP contribution >= 0.6 is 0 Å². The highest BCUT2D eigenvalue weighted by Crippen LogP contribution is 2.28. The maximum absolute atomic E-state index is 5.62. The minimum Gasteiger partial charge on any atom is -0.342 e. The second-order valence-corrected chi connectivity index (χ2v) is 5.19. The SMILES string of the molecule is CC(CCN)c1ncc(-c2cccc3ccccc23)[nH]1. The zero-order chi connectivity index (χ0) is 13.9. The molecule has 0 saturated heterocycles. The summed E-state index contributed by atoms with van der Waals surface area (Å²) in [7, 11) is 0. The molecule has 0 aliphatic rings. The van der Waals surface area contributed by atoms with Crippen molar-refractivity contribution in [1.82, 2.24) is 9.97 Å². The molecule has 0 aliphatic carbocycles. The number of imidazole rings is 1. The van der Waals surface area contributed by atoms with E-state index in [1.165, 1.54) is 16.3 Å². The van der Waals surface area contributed by atoms with Crippen molar-refractivity contribution in [3.8, 4) is 11.3 Å². The fourth-order valence-electron chi connectivity index (χ4n) is 2.57. The monoisotopic (exact) mass is 265 g/mol. The molecular formula is C17H19N3. The van der Waals surface area contributed by atoms with Gasteiger partial charge in [-0.3, -0.25) is 0 Å². The lowest BCUT2D eigenvalue weighted by Crippen LogP contribution is -2.05. The van der Waals surface area contributed by atoms with Crippen molar-refractivity contribution in [2.75, 3.05) is 6.54 Å². The quantitative estimate of drug-likeness (QED) is 0.756. The lowest BCUT2D eigenvalue weighted by atomic mass is 10.0. The molecule has 3 heteroatoms. The molecule has 1 aromatic heterocycles. The molecule has 0 saturated carbocycles. The van der Waals surface area contributed by atoms with Gasteiger partial charge in [0.2, 0.25) is 0 Å². The lowest BCUT2D eigenvalue weighted by molar-refractivity contribution is 0.655. The fraction of sp³-hybridized carbons (Fsp3) is 0.235. The van der Waals surface area contributed by atoms with E-state index in [0.717, 1.165) is 17.9 Å². The minimum atomic E-state index is 0.365. The second kappa shape index (κ2) is 5.47. The number of nitrogens with one attached hydrogen (secondary N) is 1. The van der Waals surface area contributed by atoms with E-state index in [-0.39, 0.29) is 0 Å². The predicted molar refractivity (Wildman–Crippen MR) is 83.6 cm³/mol. The van der Waals surface area contributed by atoms with E-state index in [1.54, 1.807) is 0 Å². The van der Waals surface area contributed by atoms with Crippen LogP contribution in [0.4, 0.5) is 0 Å². The Labute approximate surface area is 118 Å². The van der Waals surface area contributed by atoms with Crippen LogP contribution in [-0.4, -0.2) is 16.5 Å². The van der Waals surface area contributed by atoms with Gasteiger partial charge >= 0.3 is 0 Å². The topological polar surface area (TPSA) is 54.7 Å². The number of nitrogens with two attached hydrogens (primary N) is 1. The number of fused-ring (bicyclic) bond motifs is 1. The Morgan fingerprint density at radius 2 is 1.95 bits per heavy atom. The molecule has 0 amide bonds. The molecule has 0 radical (unpaired) electrons. The van der Waals surface area contributed by atoms with E-state index in [1.807, 2.05) is 6.20 Å². The number of aromatic nitrogens is 2. The minimum absolute atomic E-state index is 0.365. The first-order chi connectivity index (χ1) is 9.79. The van der Waals surface area contributed by atoms with Crippen LogP contribution in [0.5, 0.6) is 0 Å². The van der Waals surface area contributed by atoms with Crippen molar-refractivity contribution in [2.45, 2.75) is 19.3 Å². The first-order valence-corrected chi connectivity index (χ1v) is 7.02. The second-order valence-electron chi connectivity index (χ2n) is 5.19. The molecule has 0 spiro atoms. The predicted octanol–water partition coefficient (Wildman–Crippen LogP) is 3.68. The summed E-state index contributed by atoms with van der Waals surface area (Å²) in [4.78, 5) is 7.95. The molecule has 20 heavy (non-hydrogen) atoms. The standard InChI is InChI=1S/C17H19N3/c1-12(9-10-18)17-19-11-16(20-17)15-8-4-6-13-5-2-3-7-14(13)15/h2-8,11-12H,9-10,18H2,1H3,(H,19,20). The van der Waals surface area contributed by atoms with Gasteiger partial charge in [-0.15, -0.1) is 0 Å². The average Bonchev–Trinajstić information content (AvgIpc) is 2.97. The van der Waals surface area contributed by atoms with Gasteiger partial charge in [0.05, 0.1) is 11.9 Å². The smallest absolute Gasteiger partial charge is 0.109 e. The van der Waals surface area contributed by atoms with E-state index in [0.29, 0.717) is 12.5 Å². The van der Waals surface area contributed by atoms with Crippen molar-refractivity contribution in [2.24, 2.45) is 5.73 Å². The first-order valence-electron chi connectivity index (χ1n) is 7.02. The summed E-state index contributed by atoms with van der Waals surface area (Å²) >= 11 is 0. The van der Waals surface area contributed by atoms with Gasteiger partial charge in [-0.05, 0) is 23.7 Å². The van der Waals surface area contributed by atoms with Crippen LogP contribution in [0.15, 0.2) is 48.7 Å². The van der Waals surface area contributed by atoms with Crippen LogP contribution in [0.2, 0.25) is 0 Å². The molecular weight excluding hydrogens is 246 g/mol. The van der Waals surface area contributed by atoms with E-state index >= 15 is 0 Å². The van der Waals surface area contributed by atoms with Crippen molar-refractivity contribution in [3.05, 3.63) is 54.5 Å². The number of benzene rings is 2. The molecule has 3 N–H and O–H groups in total. The van der Waals surface area contributed by atoms with E-state index < -0.39 is 0 Å². The zero-order valence-corrected chi connectivity index (χ0v) is 11.6. The van der Waals surface area contributed by atoms with Gasteiger partial charge in [0.25, 0.3) is 0 Å². The summed E-state index contributed by atoms with van der Waals surface area (Å²) < 4.78 is 0. The summed E-state index contributed by atoms with van der Waals surface area (Å²) in [5.41, 5.74) is 7.88. The van der Waals surface area contributed by atoms with Crippen molar-refractivity contribution < 1.29 is 0 Å². The molecule has 2 aromatic carbocycles. The summed E-state index contributed by atoms with van der Waals surface area (Å²) in [6, 6.07) is 14.8. The summed E-state index contributed by atoms with van der Waals surface area (Å²) in [6.07, 6.45) is 2.87. The highest BCUT2D eigenvalue weighted by Gasteiger charge is 2.11. The zero-order valence-electron chi connectivity index (χ0n) is 11.6. The molecule has 0 aliphatic heterocycles. The third-order valence-electron chi connectivity index (χ3n) is 3.74. The fourth-order valence-corrected chi connectivity index (χ4v) is 2.57. The highest BCUT2D eigenvalue weighted by atomic mass is 14.9. The molecule has 1 atom stereocenters. The summed E-state index contributed by atoms with van der Waals surface area (Å²) in [5, 5.41) is 2.49. The maximum atomic E-state index is 5.62. The molecule has 1 unspecified atom stereocenters. The molecule has 3 aromatic rings. The van der Waals surface area contributed by atoms with E-state index in [2.05, 4.69) is 59.4 Å². The molecule has 1 heterocycles. The highest BCUT2D eigenvalue weighted by molar-refractivity contribution is 5.95. The van der Waals surface area contributed by atoms with Crippen LogP contribution in [0, 0.1) is 0 Å². The van der Waals surface area contributed by atoms with Crippen LogP contribution in [0.25, 0.3) is 22.0 Å². The normalized spacial score (nSPS) is 12.7. The molecule has 0 fully saturated rings. The molecule has 102 valence electrons. The largest absolute Gasteiger partial charge is 0.342 e. The number of hydrogen-bond acceptors (Lipinski definition) is 2. The Balaban J connectivity index is 2.03. The third-order valence-corrected chi connectivity index (χ3v) is 3.74. The average molecular weight is 265 g/mol. The van der Waals surface area contributed by atoms with Gasteiger partial charge < -0.3 is 10.7 Å². The van der Waals surface area contributed by atoms with Gasteiger partial charge in [0.1, 0.15) is 5.82 Å². The third kappa shape index (κ3) is 2.32. The molecule has 3 nitrogen and oxygen atoms in total. The Morgan fingerprint density at radius 1 is 1.15 bits per heavy atom. The van der Waals surface area contributed by atoms with E-state index in [4.69, 9.17) is 5.73 Å². The Morgan fingerprint density at radius 3 is 2.80 bits per heavy atom. The lowest BCUT2D eigenvalue weighted by Gasteiger charge is -2.07. The number of hydrogen-bond donors (Lipinski definition) is 2. The Kier molecular flexibility index (Phi) is 3.52. The summed E-state index contributed by atoms with van der Waals surface area (Å²) in [5.74, 6) is 1.38. The number of aromatic amines is 1. The van der Waals surface area contributed by atoms with Gasteiger partial charge in [0.15, 0.2) is 0 Å². The van der Waals surface area contributed by atoms with Crippen LogP contribution < -0.4 is 5.73 Å². The van der Waals surface area contributed by atoms with E-state index in [9.17, 15) is 0 Å². The Bertz CT molecular complexity index is 710. The first kappa shape index (κ1) is 12.9. The van der Waals surface area contributed by atoms with Crippen LogP contribution in [0.1, 0.15) is 25.1 Å².